The lowest BCUT2D eigenvalue weighted by atomic mass is 10.3. The van der Waals surface area contributed by atoms with Gasteiger partial charge >= 0.3 is 0 Å². The number of hydrogen-bond donors (Lipinski definition) is 1. The number of carbonyl (C=O) groups is 1. The van der Waals surface area contributed by atoms with Crippen LogP contribution in [0.3, 0.4) is 0 Å². The van der Waals surface area contributed by atoms with Crippen molar-refractivity contribution in [2.24, 2.45) is 0 Å². The molecule has 15 heavy (non-hydrogen) atoms. The van der Waals surface area contributed by atoms with Crippen molar-refractivity contribution in [3.63, 3.8) is 0 Å². The Bertz CT molecular complexity index is 464. The number of aryl methyl sites for hydroxylation is 1. The molecule has 0 atom stereocenters. The van der Waals surface area contributed by atoms with Crippen LogP contribution in [0.1, 0.15) is 15.2 Å². The summed E-state index contributed by atoms with van der Waals surface area (Å²) in [5.74, 6) is 0.483. The van der Waals surface area contributed by atoms with Crippen molar-refractivity contribution in [3.8, 4) is 0 Å². The van der Waals surface area contributed by atoms with Crippen LogP contribution in [-0.4, -0.2) is 10.9 Å². The highest BCUT2D eigenvalue weighted by Crippen LogP contribution is 2.16. The Morgan fingerprint density at radius 2 is 2.27 bits per heavy atom. The van der Waals surface area contributed by atoms with Gasteiger partial charge in [0.25, 0.3) is 5.91 Å². The monoisotopic (exact) mass is 218 g/mol. The predicted octanol–water partition coefficient (Wildman–Crippen LogP) is 2.70. The first-order chi connectivity index (χ1) is 7.27. The quantitative estimate of drug-likeness (QED) is 0.842. The zero-order valence-corrected chi connectivity index (χ0v) is 9.04. The predicted molar refractivity (Wildman–Crippen MR) is 61.2 cm³/mol. The number of anilines is 1. The second-order valence-electron chi connectivity index (χ2n) is 3.10. The van der Waals surface area contributed by atoms with Crippen molar-refractivity contribution in [2.45, 2.75) is 6.92 Å². The van der Waals surface area contributed by atoms with E-state index >= 15 is 0 Å². The number of hydrogen-bond acceptors (Lipinski definition) is 3. The van der Waals surface area contributed by atoms with Crippen molar-refractivity contribution in [1.82, 2.24) is 4.98 Å². The molecule has 76 valence electrons. The first kappa shape index (κ1) is 9.86. The minimum Gasteiger partial charge on any atom is -0.306 e. The van der Waals surface area contributed by atoms with E-state index in [1.165, 1.54) is 11.3 Å². The molecule has 0 saturated heterocycles. The Hall–Kier alpha value is -1.68. The molecule has 1 N–H and O–H groups in total. The normalized spacial score (nSPS) is 9.93. The van der Waals surface area contributed by atoms with Crippen molar-refractivity contribution in [2.75, 3.05) is 5.32 Å². The first-order valence-corrected chi connectivity index (χ1v) is 5.42. The van der Waals surface area contributed by atoms with Crippen LogP contribution >= 0.6 is 11.3 Å². The van der Waals surface area contributed by atoms with E-state index in [4.69, 9.17) is 0 Å². The fourth-order valence-corrected chi connectivity index (χ4v) is 2.04. The van der Waals surface area contributed by atoms with Crippen LogP contribution in [0.4, 0.5) is 5.82 Å². The Labute approximate surface area is 91.8 Å². The molecule has 0 aliphatic heterocycles. The van der Waals surface area contributed by atoms with Crippen LogP contribution in [0, 0.1) is 6.92 Å². The molecule has 0 aromatic carbocycles. The number of thiophene rings is 1. The maximum absolute atomic E-state index is 11.8. The number of amides is 1. The maximum atomic E-state index is 11.8. The standard InChI is InChI=1S/C11H10N2OS/c1-8-5-7-15-10(8)11(14)13-9-4-2-3-6-12-9/h2-7H,1H3,(H,12,13,14). The van der Waals surface area contributed by atoms with Crippen LogP contribution in [0.5, 0.6) is 0 Å². The largest absolute Gasteiger partial charge is 0.306 e. The van der Waals surface area contributed by atoms with Gasteiger partial charge in [-0.15, -0.1) is 11.3 Å². The van der Waals surface area contributed by atoms with Crippen LogP contribution in [-0.2, 0) is 0 Å². The molecule has 2 aromatic heterocycles. The highest BCUT2D eigenvalue weighted by atomic mass is 32.1. The molecular weight excluding hydrogens is 208 g/mol. The molecule has 0 unspecified atom stereocenters. The van der Waals surface area contributed by atoms with Crippen LogP contribution in [0.2, 0.25) is 0 Å². The van der Waals surface area contributed by atoms with Crippen molar-refractivity contribution in [1.29, 1.82) is 0 Å². The molecule has 0 aliphatic rings. The van der Waals surface area contributed by atoms with Gasteiger partial charge in [-0.05, 0) is 36.1 Å². The van der Waals surface area contributed by atoms with E-state index in [1.54, 1.807) is 12.3 Å². The van der Waals surface area contributed by atoms with E-state index in [0.717, 1.165) is 10.4 Å². The number of pyridine rings is 1. The number of rotatable bonds is 2. The third kappa shape index (κ3) is 2.22. The van der Waals surface area contributed by atoms with Crippen molar-refractivity contribution < 1.29 is 4.79 Å². The molecule has 0 fully saturated rings. The van der Waals surface area contributed by atoms with Crippen LogP contribution < -0.4 is 5.32 Å². The van der Waals surface area contributed by atoms with Crippen molar-refractivity contribution >= 4 is 23.1 Å². The lowest BCUT2D eigenvalue weighted by Crippen LogP contribution is -2.12. The van der Waals surface area contributed by atoms with E-state index in [-0.39, 0.29) is 5.91 Å². The highest BCUT2D eigenvalue weighted by molar-refractivity contribution is 7.12. The van der Waals surface area contributed by atoms with E-state index in [0.29, 0.717) is 5.82 Å². The molecule has 2 rings (SSSR count). The Morgan fingerprint density at radius 1 is 1.40 bits per heavy atom. The average molecular weight is 218 g/mol. The van der Waals surface area contributed by atoms with E-state index < -0.39 is 0 Å². The summed E-state index contributed by atoms with van der Waals surface area (Å²) in [6, 6.07) is 7.34. The summed E-state index contributed by atoms with van der Waals surface area (Å²) in [5, 5.41) is 4.65. The molecular formula is C11H10N2OS. The van der Waals surface area contributed by atoms with E-state index in [1.807, 2.05) is 30.5 Å². The summed E-state index contributed by atoms with van der Waals surface area (Å²) in [4.78, 5) is 16.5. The Morgan fingerprint density at radius 3 is 2.87 bits per heavy atom. The fraction of sp³-hybridized carbons (Fsp3) is 0.0909. The van der Waals surface area contributed by atoms with Crippen molar-refractivity contribution in [3.05, 3.63) is 46.3 Å². The molecule has 1 amide bonds. The molecule has 3 nitrogen and oxygen atoms in total. The van der Waals surface area contributed by atoms with Gasteiger partial charge in [0.1, 0.15) is 5.82 Å². The van der Waals surface area contributed by atoms with E-state index in [9.17, 15) is 4.79 Å². The van der Waals surface area contributed by atoms with Gasteiger partial charge < -0.3 is 5.32 Å². The zero-order valence-electron chi connectivity index (χ0n) is 8.23. The molecule has 0 aliphatic carbocycles. The van der Waals surface area contributed by atoms with Gasteiger partial charge in [0.15, 0.2) is 0 Å². The fourth-order valence-electron chi connectivity index (χ4n) is 1.22. The van der Waals surface area contributed by atoms with E-state index in [2.05, 4.69) is 10.3 Å². The zero-order chi connectivity index (χ0) is 10.7. The average Bonchev–Trinajstić information content (AvgIpc) is 2.66. The highest BCUT2D eigenvalue weighted by Gasteiger charge is 2.10. The van der Waals surface area contributed by atoms with Gasteiger partial charge in [-0.2, -0.15) is 0 Å². The van der Waals surface area contributed by atoms with Gasteiger partial charge in [0, 0.05) is 6.20 Å². The molecule has 0 radical (unpaired) electrons. The lowest BCUT2D eigenvalue weighted by Gasteiger charge is -2.02. The topological polar surface area (TPSA) is 42.0 Å². The summed E-state index contributed by atoms with van der Waals surface area (Å²) < 4.78 is 0. The molecule has 4 heteroatoms. The summed E-state index contributed by atoms with van der Waals surface area (Å²) in [5.41, 5.74) is 0.994. The number of aromatic nitrogens is 1. The number of nitrogens with one attached hydrogen (secondary N) is 1. The Kier molecular flexibility index (Phi) is 2.78. The van der Waals surface area contributed by atoms with Crippen LogP contribution in [0.25, 0.3) is 0 Å². The van der Waals surface area contributed by atoms with Gasteiger partial charge in [0.2, 0.25) is 0 Å². The summed E-state index contributed by atoms with van der Waals surface area (Å²) >= 11 is 1.44. The molecule has 0 saturated carbocycles. The third-order valence-corrected chi connectivity index (χ3v) is 2.99. The summed E-state index contributed by atoms with van der Waals surface area (Å²) in [7, 11) is 0. The molecule has 0 spiro atoms. The summed E-state index contributed by atoms with van der Waals surface area (Å²) in [6.07, 6.45) is 1.65. The minimum atomic E-state index is -0.0961. The van der Waals surface area contributed by atoms with Gasteiger partial charge in [0.05, 0.1) is 4.88 Å². The SMILES string of the molecule is Cc1ccsc1C(=O)Nc1ccccn1. The maximum Gasteiger partial charge on any atom is 0.267 e. The van der Waals surface area contributed by atoms with Gasteiger partial charge in [-0.3, -0.25) is 4.79 Å². The lowest BCUT2D eigenvalue weighted by molar-refractivity contribution is 0.102. The third-order valence-electron chi connectivity index (χ3n) is 1.97. The second-order valence-corrected chi connectivity index (χ2v) is 4.02. The van der Waals surface area contributed by atoms with Crippen LogP contribution in [0.15, 0.2) is 35.8 Å². The summed E-state index contributed by atoms with van der Waals surface area (Å²) in [6.45, 7) is 1.92. The van der Waals surface area contributed by atoms with Gasteiger partial charge in [-0.1, -0.05) is 6.07 Å². The first-order valence-electron chi connectivity index (χ1n) is 4.54. The molecule has 0 bridgehead atoms. The Balaban J connectivity index is 2.15. The second kappa shape index (κ2) is 4.23. The smallest absolute Gasteiger partial charge is 0.267 e. The number of carbonyl (C=O) groups excluding carboxylic acids is 1. The number of nitrogens with zero attached hydrogens (tertiary/aromatic N) is 1. The minimum absolute atomic E-state index is 0.0961. The van der Waals surface area contributed by atoms with Gasteiger partial charge in [-0.25, -0.2) is 4.98 Å². The molecule has 2 aromatic rings. The molecule has 2 heterocycles.